The van der Waals surface area contributed by atoms with Crippen molar-refractivity contribution in [3.63, 3.8) is 0 Å². The van der Waals surface area contributed by atoms with Gasteiger partial charge >= 0.3 is 0 Å². The van der Waals surface area contributed by atoms with Crippen LogP contribution in [0.4, 0.5) is 5.69 Å². The van der Waals surface area contributed by atoms with Gasteiger partial charge in [-0.05, 0) is 36.2 Å². The van der Waals surface area contributed by atoms with Crippen LogP contribution in [0.5, 0.6) is 0 Å². The van der Waals surface area contributed by atoms with Gasteiger partial charge in [-0.15, -0.1) is 0 Å². The summed E-state index contributed by atoms with van der Waals surface area (Å²) in [5.74, 6) is 0. The van der Waals surface area contributed by atoms with Crippen molar-refractivity contribution in [2.45, 2.75) is 25.1 Å². The Morgan fingerprint density at radius 3 is 2.60 bits per heavy atom. The van der Waals surface area contributed by atoms with E-state index in [2.05, 4.69) is 59.3 Å². The quantitative estimate of drug-likeness (QED) is 0.930. The lowest BCUT2D eigenvalue weighted by molar-refractivity contribution is 0.0721. The minimum absolute atomic E-state index is 0.134. The molecule has 0 spiro atoms. The Kier molecular flexibility index (Phi) is 4.75. The van der Waals surface area contributed by atoms with Gasteiger partial charge in [0.15, 0.2) is 0 Å². The third-order valence-electron chi connectivity index (χ3n) is 5.50. The summed E-state index contributed by atoms with van der Waals surface area (Å²) in [4.78, 5) is 4.70. The molecule has 2 atom stereocenters. The van der Waals surface area contributed by atoms with Crippen molar-refractivity contribution in [3.8, 4) is 0 Å². The molecule has 0 aromatic heterocycles. The second-order valence-corrected chi connectivity index (χ2v) is 7.06. The van der Waals surface area contributed by atoms with E-state index in [0.29, 0.717) is 0 Å². The van der Waals surface area contributed by atoms with Crippen molar-refractivity contribution in [1.29, 1.82) is 0 Å². The number of benzene rings is 2. The molecular weight excluding hydrogens is 312 g/mol. The first kappa shape index (κ1) is 16.6. The highest BCUT2D eigenvalue weighted by molar-refractivity contribution is 5.54. The Bertz CT molecular complexity index is 727. The summed E-state index contributed by atoms with van der Waals surface area (Å²) in [5, 5.41) is 10.7. The number of para-hydroxylation sites is 1. The first-order chi connectivity index (χ1) is 12.2. The van der Waals surface area contributed by atoms with Crippen molar-refractivity contribution in [2.75, 3.05) is 38.3 Å². The van der Waals surface area contributed by atoms with Crippen LogP contribution in [-0.2, 0) is 17.7 Å². The second kappa shape index (κ2) is 7.16. The smallest absolute Gasteiger partial charge is 0.0951 e. The molecule has 1 aliphatic carbocycles. The number of aliphatic hydroxyl groups is 1. The van der Waals surface area contributed by atoms with Gasteiger partial charge in [0, 0.05) is 31.4 Å². The van der Waals surface area contributed by atoms with Gasteiger partial charge in [-0.25, -0.2) is 0 Å². The summed E-state index contributed by atoms with van der Waals surface area (Å²) < 4.78 is 5.49. The summed E-state index contributed by atoms with van der Waals surface area (Å²) in [6.07, 6.45) is 0.504. The predicted octanol–water partition coefficient (Wildman–Crippen LogP) is 2.61. The van der Waals surface area contributed by atoms with Crippen LogP contribution < -0.4 is 4.90 Å². The van der Waals surface area contributed by atoms with Crippen LogP contribution in [0.15, 0.2) is 48.5 Å². The molecule has 1 fully saturated rings. The maximum absolute atomic E-state index is 10.7. The molecule has 0 bridgehead atoms. The zero-order chi connectivity index (χ0) is 17.2. The van der Waals surface area contributed by atoms with Crippen LogP contribution in [0.1, 0.15) is 22.8 Å². The molecule has 25 heavy (non-hydrogen) atoms. The molecular formula is C21H26N2O2. The molecule has 1 N–H and O–H groups in total. The summed E-state index contributed by atoms with van der Waals surface area (Å²) in [6.45, 7) is 4.31. The molecule has 2 aliphatic rings. The highest BCUT2D eigenvalue weighted by Gasteiger charge is 2.33. The fourth-order valence-corrected chi connectivity index (χ4v) is 4.09. The monoisotopic (exact) mass is 338 g/mol. The Hall–Kier alpha value is -1.88. The first-order valence-electron chi connectivity index (χ1n) is 9.11. The molecule has 1 saturated heterocycles. The topological polar surface area (TPSA) is 35.9 Å². The molecule has 2 aromatic carbocycles. The van der Waals surface area contributed by atoms with Crippen molar-refractivity contribution < 1.29 is 9.84 Å². The van der Waals surface area contributed by atoms with Crippen molar-refractivity contribution in [1.82, 2.24) is 4.90 Å². The molecule has 1 heterocycles. The third kappa shape index (κ3) is 3.30. The minimum atomic E-state index is -0.406. The van der Waals surface area contributed by atoms with Crippen molar-refractivity contribution >= 4 is 5.69 Å². The number of anilines is 1. The van der Waals surface area contributed by atoms with Gasteiger partial charge in [-0.2, -0.15) is 0 Å². The molecule has 2 aromatic rings. The zero-order valence-corrected chi connectivity index (χ0v) is 14.8. The molecule has 4 rings (SSSR count). The fourth-order valence-electron chi connectivity index (χ4n) is 4.09. The zero-order valence-electron chi connectivity index (χ0n) is 14.8. The van der Waals surface area contributed by atoms with E-state index in [1.54, 1.807) is 0 Å². The van der Waals surface area contributed by atoms with Crippen molar-refractivity contribution in [2.24, 2.45) is 0 Å². The Balaban J connectivity index is 1.51. The number of morpholine rings is 1. The van der Waals surface area contributed by atoms with Gasteiger partial charge < -0.3 is 14.7 Å². The van der Waals surface area contributed by atoms with Gasteiger partial charge in [0.2, 0.25) is 0 Å². The lowest BCUT2D eigenvalue weighted by Crippen LogP contribution is -2.38. The number of rotatable bonds is 4. The molecule has 0 radical (unpaired) electrons. The van der Waals surface area contributed by atoms with Gasteiger partial charge in [0.25, 0.3) is 0 Å². The summed E-state index contributed by atoms with van der Waals surface area (Å²) in [5.41, 5.74) is 4.96. The molecule has 4 nitrogen and oxygen atoms in total. The highest BCUT2D eigenvalue weighted by Crippen LogP contribution is 2.35. The van der Waals surface area contributed by atoms with E-state index in [0.717, 1.165) is 44.8 Å². The maximum Gasteiger partial charge on any atom is 0.0951 e. The number of ether oxygens (including phenoxy) is 1. The highest BCUT2D eigenvalue weighted by atomic mass is 16.5. The van der Waals surface area contributed by atoms with E-state index in [1.165, 1.54) is 16.8 Å². The molecule has 2 unspecified atom stereocenters. The summed E-state index contributed by atoms with van der Waals surface area (Å²) in [7, 11) is 2.12. The third-order valence-corrected chi connectivity index (χ3v) is 5.50. The first-order valence-corrected chi connectivity index (χ1v) is 9.11. The van der Waals surface area contributed by atoms with Crippen LogP contribution in [0.25, 0.3) is 0 Å². The van der Waals surface area contributed by atoms with Gasteiger partial charge in [0.05, 0.1) is 19.3 Å². The average Bonchev–Trinajstić information content (AvgIpc) is 3.00. The fraction of sp³-hybridized carbons (Fsp3) is 0.429. The Morgan fingerprint density at radius 1 is 1.08 bits per heavy atom. The van der Waals surface area contributed by atoms with Gasteiger partial charge in [-0.1, -0.05) is 42.5 Å². The predicted molar refractivity (Wildman–Crippen MR) is 99.8 cm³/mol. The second-order valence-electron chi connectivity index (χ2n) is 7.06. The largest absolute Gasteiger partial charge is 0.387 e. The number of hydrogen-bond acceptors (Lipinski definition) is 4. The molecule has 4 heteroatoms. The van der Waals surface area contributed by atoms with E-state index in [4.69, 9.17) is 4.74 Å². The normalized spacial score (nSPS) is 23.1. The summed E-state index contributed by atoms with van der Waals surface area (Å²) in [6, 6.07) is 17.0. The number of fused-ring (bicyclic) bond motifs is 1. The number of aliphatic hydroxyl groups excluding tert-OH is 1. The van der Waals surface area contributed by atoms with E-state index < -0.39 is 6.10 Å². The Morgan fingerprint density at radius 2 is 1.80 bits per heavy atom. The Labute approximate surface area is 149 Å². The van der Waals surface area contributed by atoms with E-state index in [9.17, 15) is 5.11 Å². The number of nitrogens with zero attached hydrogens (tertiary/aromatic N) is 2. The van der Waals surface area contributed by atoms with Crippen LogP contribution in [0.2, 0.25) is 0 Å². The van der Waals surface area contributed by atoms with Gasteiger partial charge in [-0.3, -0.25) is 4.90 Å². The van der Waals surface area contributed by atoms with Crippen LogP contribution in [-0.4, -0.2) is 49.4 Å². The number of likely N-dealkylation sites (N-methyl/N-ethyl adjacent to an activating group) is 1. The number of hydrogen-bond donors (Lipinski definition) is 1. The molecule has 0 saturated carbocycles. The summed E-state index contributed by atoms with van der Waals surface area (Å²) >= 11 is 0. The van der Waals surface area contributed by atoms with E-state index in [-0.39, 0.29) is 6.04 Å². The van der Waals surface area contributed by atoms with Crippen molar-refractivity contribution in [3.05, 3.63) is 65.2 Å². The standard InChI is InChI=1S/C21H26N2O2/c1-22(20-14-16-6-2-4-8-18(16)21(20)24)15-17-7-3-5-9-19(17)23-10-12-25-13-11-23/h2-9,20-21,24H,10-15H2,1H3. The molecule has 1 aliphatic heterocycles. The minimum Gasteiger partial charge on any atom is -0.387 e. The SMILES string of the molecule is CN(Cc1ccccc1N1CCOCC1)C1Cc2ccccc2C1O. The lowest BCUT2D eigenvalue weighted by atomic mass is 10.1. The maximum atomic E-state index is 10.7. The van der Waals surface area contributed by atoms with Crippen LogP contribution >= 0.6 is 0 Å². The lowest BCUT2D eigenvalue weighted by Gasteiger charge is -2.33. The molecule has 0 amide bonds. The van der Waals surface area contributed by atoms with E-state index in [1.807, 2.05) is 6.07 Å². The van der Waals surface area contributed by atoms with Crippen LogP contribution in [0.3, 0.4) is 0 Å². The van der Waals surface area contributed by atoms with Gasteiger partial charge in [0.1, 0.15) is 0 Å². The average molecular weight is 338 g/mol. The molecule has 132 valence electrons. The van der Waals surface area contributed by atoms with Crippen LogP contribution in [0, 0.1) is 0 Å². The van der Waals surface area contributed by atoms with E-state index >= 15 is 0 Å².